The third-order valence-electron chi connectivity index (χ3n) is 4.72. The maximum Gasteiger partial charge on any atom is 0.407 e. The lowest BCUT2D eigenvalue weighted by Crippen LogP contribution is -2.58. The van der Waals surface area contributed by atoms with Gasteiger partial charge in [0.25, 0.3) is 5.56 Å². The number of anilines is 1. The average molecular weight is 341 g/mol. The zero-order valence-corrected chi connectivity index (χ0v) is 14.3. The van der Waals surface area contributed by atoms with Gasteiger partial charge in [-0.1, -0.05) is 0 Å². The molecule has 0 aliphatic carbocycles. The molecule has 1 amide bonds. The molecule has 2 aromatic heterocycles. The van der Waals surface area contributed by atoms with Crippen LogP contribution in [0.2, 0.25) is 0 Å². The molecule has 0 aromatic carbocycles. The summed E-state index contributed by atoms with van der Waals surface area (Å²) in [5.41, 5.74) is 1.96. The number of carboxylic acid groups (broad SMARTS) is 1. The van der Waals surface area contributed by atoms with Crippen molar-refractivity contribution in [2.24, 2.45) is 7.05 Å². The summed E-state index contributed by atoms with van der Waals surface area (Å²) in [5.74, 6) is 0. The van der Waals surface area contributed by atoms with Crippen molar-refractivity contribution in [3.8, 4) is 6.07 Å². The van der Waals surface area contributed by atoms with E-state index < -0.39 is 6.09 Å². The number of aryl methyl sites for hydroxylation is 1. The van der Waals surface area contributed by atoms with E-state index in [1.165, 1.54) is 15.5 Å². The first-order valence-electron chi connectivity index (χ1n) is 8.00. The molecule has 2 atom stereocenters. The Hall–Kier alpha value is -3.08. The molecule has 2 aromatic rings. The van der Waals surface area contributed by atoms with Crippen molar-refractivity contribution in [1.82, 2.24) is 14.5 Å². The quantitative estimate of drug-likeness (QED) is 0.841. The van der Waals surface area contributed by atoms with Gasteiger partial charge in [-0.25, -0.2) is 9.78 Å². The molecule has 0 radical (unpaired) electrons. The third-order valence-corrected chi connectivity index (χ3v) is 4.72. The Kier molecular flexibility index (Phi) is 4.08. The van der Waals surface area contributed by atoms with E-state index >= 15 is 0 Å². The summed E-state index contributed by atoms with van der Waals surface area (Å²) < 4.78 is 1.49. The number of pyridine rings is 2. The van der Waals surface area contributed by atoms with Crippen molar-refractivity contribution >= 4 is 22.8 Å². The first kappa shape index (κ1) is 16.8. The van der Waals surface area contributed by atoms with Crippen LogP contribution in [0.4, 0.5) is 10.5 Å². The summed E-state index contributed by atoms with van der Waals surface area (Å²) in [6.45, 7) is 4.54. The van der Waals surface area contributed by atoms with Crippen LogP contribution in [0, 0.1) is 11.3 Å². The molecule has 1 aliphatic heterocycles. The predicted molar refractivity (Wildman–Crippen MR) is 92.7 cm³/mol. The standard InChI is InChI=1S/C17H19N5O3/c1-10-9-22(17(24)25)11(2)8-21(10)14-6-15(23)20(3)13-5-4-12(7-18)19-16(13)14/h4-6,10-11H,8-9H2,1-3H3,(H,24,25)/t10-,11+/m0/s1. The van der Waals surface area contributed by atoms with Crippen molar-refractivity contribution in [3.63, 3.8) is 0 Å². The number of fused-ring (bicyclic) bond motifs is 1. The highest BCUT2D eigenvalue weighted by Gasteiger charge is 2.33. The van der Waals surface area contributed by atoms with E-state index in [2.05, 4.69) is 4.98 Å². The normalized spacial score (nSPS) is 20.6. The number of aromatic nitrogens is 2. The molecular weight excluding hydrogens is 322 g/mol. The number of amides is 1. The Morgan fingerprint density at radius 3 is 2.68 bits per heavy atom. The van der Waals surface area contributed by atoms with Crippen molar-refractivity contribution in [2.45, 2.75) is 25.9 Å². The Bertz CT molecular complexity index is 946. The number of rotatable bonds is 1. The summed E-state index contributed by atoms with van der Waals surface area (Å²) in [6.07, 6.45) is -0.947. The largest absolute Gasteiger partial charge is 0.465 e. The van der Waals surface area contributed by atoms with Crippen LogP contribution in [0.5, 0.6) is 0 Å². The number of carbonyl (C=O) groups is 1. The van der Waals surface area contributed by atoms with Gasteiger partial charge in [0.05, 0.1) is 11.2 Å². The second-order valence-electron chi connectivity index (χ2n) is 6.39. The van der Waals surface area contributed by atoms with E-state index in [-0.39, 0.29) is 23.3 Å². The highest BCUT2D eigenvalue weighted by Crippen LogP contribution is 2.28. The number of hydrogen-bond donors (Lipinski definition) is 1. The highest BCUT2D eigenvalue weighted by atomic mass is 16.4. The molecule has 0 spiro atoms. The summed E-state index contributed by atoms with van der Waals surface area (Å²) >= 11 is 0. The van der Waals surface area contributed by atoms with Crippen LogP contribution < -0.4 is 10.5 Å². The minimum Gasteiger partial charge on any atom is -0.465 e. The fourth-order valence-corrected chi connectivity index (χ4v) is 3.32. The van der Waals surface area contributed by atoms with Crippen LogP contribution in [0.15, 0.2) is 23.0 Å². The summed E-state index contributed by atoms with van der Waals surface area (Å²) in [6, 6.07) is 6.50. The monoisotopic (exact) mass is 341 g/mol. The number of nitrogens with zero attached hydrogens (tertiary/aromatic N) is 5. The van der Waals surface area contributed by atoms with Crippen molar-refractivity contribution < 1.29 is 9.90 Å². The van der Waals surface area contributed by atoms with Crippen LogP contribution >= 0.6 is 0 Å². The lowest BCUT2D eigenvalue weighted by atomic mass is 10.1. The molecular formula is C17H19N5O3. The SMILES string of the molecule is C[C@@H]1CN(c2cc(=O)n(C)c3ccc(C#N)nc23)[C@@H](C)CN1C(=O)O. The summed E-state index contributed by atoms with van der Waals surface area (Å²) in [7, 11) is 1.66. The van der Waals surface area contributed by atoms with E-state index in [0.29, 0.717) is 29.8 Å². The van der Waals surface area contributed by atoms with Gasteiger partial charge in [0.15, 0.2) is 0 Å². The predicted octanol–water partition coefficient (Wildman–Crippen LogP) is 1.38. The zero-order valence-electron chi connectivity index (χ0n) is 14.3. The van der Waals surface area contributed by atoms with Crippen LogP contribution in [0.1, 0.15) is 19.5 Å². The van der Waals surface area contributed by atoms with Gasteiger partial charge >= 0.3 is 6.09 Å². The maximum atomic E-state index is 12.4. The number of nitriles is 1. The summed E-state index contributed by atoms with van der Waals surface area (Å²) in [5, 5.41) is 18.5. The Morgan fingerprint density at radius 1 is 1.32 bits per heavy atom. The molecule has 25 heavy (non-hydrogen) atoms. The molecule has 3 heterocycles. The van der Waals surface area contributed by atoms with Gasteiger partial charge in [0.2, 0.25) is 0 Å². The smallest absolute Gasteiger partial charge is 0.407 e. The van der Waals surface area contributed by atoms with Crippen LogP contribution in [-0.2, 0) is 7.05 Å². The van der Waals surface area contributed by atoms with E-state index in [4.69, 9.17) is 5.26 Å². The van der Waals surface area contributed by atoms with Gasteiger partial charge in [0.1, 0.15) is 17.3 Å². The fourth-order valence-electron chi connectivity index (χ4n) is 3.32. The fraction of sp³-hybridized carbons (Fsp3) is 0.412. The van der Waals surface area contributed by atoms with Crippen molar-refractivity contribution in [1.29, 1.82) is 5.26 Å². The van der Waals surface area contributed by atoms with Crippen molar-refractivity contribution in [3.05, 3.63) is 34.2 Å². The van der Waals surface area contributed by atoms with E-state index in [1.54, 1.807) is 19.2 Å². The Labute approximate surface area is 144 Å². The molecule has 3 rings (SSSR count). The van der Waals surface area contributed by atoms with E-state index in [9.17, 15) is 14.7 Å². The van der Waals surface area contributed by atoms with Gasteiger partial charge in [-0.3, -0.25) is 4.79 Å². The van der Waals surface area contributed by atoms with Crippen LogP contribution in [0.25, 0.3) is 11.0 Å². The Balaban J connectivity index is 2.15. The van der Waals surface area contributed by atoms with Gasteiger partial charge < -0.3 is 19.5 Å². The number of hydrogen-bond acceptors (Lipinski definition) is 5. The lowest BCUT2D eigenvalue weighted by Gasteiger charge is -2.44. The lowest BCUT2D eigenvalue weighted by molar-refractivity contribution is 0.114. The van der Waals surface area contributed by atoms with Crippen molar-refractivity contribution in [2.75, 3.05) is 18.0 Å². The topological polar surface area (TPSA) is 102 Å². The molecule has 1 fully saturated rings. The van der Waals surface area contributed by atoms with E-state index in [0.717, 1.165) is 0 Å². The maximum absolute atomic E-state index is 12.4. The molecule has 1 N–H and O–H groups in total. The second-order valence-corrected chi connectivity index (χ2v) is 6.39. The highest BCUT2D eigenvalue weighted by molar-refractivity contribution is 5.89. The van der Waals surface area contributed by atoms with Crippen LogP contribution in [-0.4, -0.2) is 50.8 Å². The molecule has 130 valence electrons. The molecule has 0 bridgehead atoms. The van der Waals surface area contributed by atoms with E-state index in [1.807, 2.05) is 24.8 Å². The minimum absolute atomic E-state index is 0.116. The molecule has 8 nitrogen and oxygen atoms in total. The molecule has 0 unspecified atom stereocenters. The number of piperazine rings is 1. The van der Waals surface area contributed by atoms with Gasteiger partial charge in [0, 0.05) is 38.3 Å². The first-order chi connectivity index (χ1) is 11.8. The van der Waals surface area contributed by atoms with Gasteiger partial charge in [-0.15, -0.1) is 0 Å². The second kappa shape index (κ2) is 6.09. The molecule has 8 heteroatoms. The van der Waals surface area contributed by atoms with Crippen LogP contribution in [0.3, 0.4) is 0 Å². The Morgan fingerprint density at radius 2 is 2.04 bits per heavy atom. The molecule has 1 aliphatic rings. The first-order valence-corrected chi connectivity index (χ1v) is 8.00. The van der Waals surface area contributed by atoms with Gasteiger partial charge in [-0.05, 0) is 26.0 Å². The summed E-state index contributed by atoms with van der Waals surface area (Å²) in [4.78, 5) is 31.5. The average Bonchev–Trinajstić information content (AvgIpc) is 2.59. The minimum atomic E-state index is -0.947. The molecule has 1 saturated heterocycles. The zero-order chi connectivity index (χ0) is 18.3. The molecule has 0 saturated carbocycles. The third kappa shape index (κ3) is 2.78. The van der Waals surface area contributed by atoms with Gasteiger partial charge in [-0.2, -0.15) is 5.26 Å².